The third-order valence-electron chi connectivity index (χ3n) is 7.12. The van der Waals surface area contributed by atoms with Gasteiger partial charge in [-0.2, -0.15) is 0 Å². The summed E-state index contributed by atoms with van der Waals surface area (Å²) < 4.78 is 31.3. The minimum Gasteiger partial charge on any atom is -0.469 e. The lowest BCUT2D eigenvalue weighted by Crippen LogP contribution is -2.35. The van der Waals surface area contributed by atoms with E-state index >= 15 is 4.39 Å². The Kier molecular flexibility index (Phi) is 9.20. The Hall–Kier alpha value is -3.80. The van der Waals surface area contributed by atoms with Gasteiger partial charge in [0.15, 0.2) is 0 Å². The molecule has 0 unspecified atom stereocenters. The topological polar surface area (TPSA) is 111 Å². The fourth-order valence-corrected chi connectivity index (χ4v) is 6.37. The van der Waals surface area contributed by atoms with E-state index in [1.54, 1.807) is 35.4 Å². The fourth-order valence-electron chi connectivity index (χ4n) is 5.05. The standard InChI is InChI=1S/C30H29ClFN3O6S/c1-3-40-25-10-11-35(28(25)30-33-15-18(42-30)8-9-27(37)39-2)26(36)13-17-12-21(31)23(14-22(17)32)34-29(38)20-16-41-24-7-5-4-6-19(20)24/h4-7,12,14-16,25,28H,3,8-11,13H2,1-2H3,(H,34,38)/t25-,28-/m0/s1. The number of thiazole rings is 1. The molecule has 12 heteroatoms. The first-order valence-electron chi connectivity index (χ1n) is 13.5. The predicted molar refractivity (Wildman–Crippen MR) is 156 cm³/mol. The highest BCUT2D eigenvalue weighted by atomic mass is 35.5. The van der Waals surface area contributed by atoms with E-state index in [0.29, 0.717) is 47.5 Å². The Balaban J connectivity index is 1.30. The van der Waals surface area contributed by atoms with Crippen LogP contribution in [0.4, 0.5) is 10.1 Å². The number of ether oxygens (including phenoxy) is 2. The number of hydrogen-bond acceptors (Lipinski definition) is 8. The van der Waals surface area contributed by atoms with Gasteiger partial charge in [-0.05, 0) is 43.5 Å². The molecule has 1 N–H and O–H groups in total. The summed E-state index contributed by atoms with van der Waals surface area (Å²) in [4.78, 5) is 45.0. The third kappa shape index (κ3) is 6.33. The lowest BCUT2D eigenvalue weighted by molar-refractivity contribution is -0.140. The van der Waals surface area contributed by atoms with E-state index in [9.17, 15) is 14.4 Å². The number of methoxy groups -OCH3 is 1. The molecule has 220 valence electrons. The first-order valence-corrected chi connectivity index (χ1v) is 14.7. The molecule has 2 aromatic carbocycles. The van der Waals surface area contributed by atoms with Crippen molar-refractivity contribution in [2.75, 3.05) is 25.6 Å². The number of nitrogens with one attached hydrogen (secondary N) is 1. The first kappa shape index (κ1) is 29.7. The van der Waals surface area contributed by atoms with Gasteiger partial charge in [-0.1, -0.05) is 29.8 Å². The number of anilines is 1. The number of likely N-dealkylation sites (tertiary alicyclic amines) is 1. The van der Waals surface area contributed by atoms with Gasteiger partial charge >= 0.3 is 5.97 Å². The van der Waals surface area contributed by atoms with Crippen LogP contribution >= 0.6 is 22.9 Å². The monoisotopic (exact) mass is 613 g/mol. The number of carbonyl (C=O) groups is 3. The Labute approximate surface area is 250 Å². The van der Waals surface area contributed by atoms with Crippen LogP contribution in [-0.4, -0.2) is 54.0 Å². The van der Waals surface area contributed by atoms with Crippen molar-refractivity contribution in [1.29, 1.82) is 0 Å². The van der Waals surface area contributed by atoms with E-state index in [4.69, 9.17) is 25.5 Å². The Morgan fingerprint density at radius 2 is 2.07 bits per heavy atom. The zero-order chi connectivity index (χ0) is 29.8. The molecule has 3 heterocycles. The second-order valence-corrected chi connectivity index (χ2v) is 11.3. The molecular weight excluding hydrogens is 585 g/mol. The summed E-state index contributed by atoms with van der Waals surface area (Å²) in [5.74, 6) is -1.78. The van der Waals surface area contributed by atoms with Crippen molar-refractivity contribution in [2.45, 2.75) is 44.8 Å². The van der Waals surface area contributed by atoms with Gasteiger partial charge in [-0.3, -0.25) is 14.4 Å². The van der Waals surface area contributed by atoms with E-state index in [-0.39, 0.29) is 47.1 Å². The zero-order valence-corrected chi connectivity index (χ0v) is 24.6. The number of nitrogens with zero attached hydrogens (tertiary/aromatic N) is 2. The quantitative estimate of drug-likeness (QED) is 0.220. The molecule has 9 nitrogen and oxygen atoms in total. The van der Waals surface area contributed by atoms with Gasteiger partial charge < -0.3 is 24.1 Å². The summed E-state index contributed by atoms with van der Waals surface area (Å²) in [5.41, 5.74) is 1.03. The number of halogens is 2. The highest BCUT2D eigenvalue weighted by Crippen LogP contribution is 2.38. The molecule has 1 aliphatic heterocycles. The first-order chi connectivity index (χ1) is 20.3. The second kappa shape index (κ2) is 13.0. The van der Waals surface area contributed by atoms with Crippen LogP contribution in [0.5, 0.6) is 0 Å². The Bertz CT molecular complexity index is 1620. The number of aryl methyl sites for hydroxylation is 1. The number of furan rings is 1. The molecule has 2 atom stereocenters. The van der Waals surface area contributed by atoms with E-state index in [1.807, 2.05) is 6.92 Å². The number of rotatable bonds is 10. The number of para-hydroxylation sites is 1. The van der Waals surface area contributed by atoms with Crippen LogP contribution in [-0.2, 0) is 31.9 Å². The summed E-state index contributed by atoms with van der Waals surface area (Å²) in [6.45, 7) is 2.78. The lowest BCUT2D eigenvalue weighted by atomic mass is 10.1. The van der Waals surface area contributed by atoms with Crippen LogP contribution in [0, 0.1) is 5.82 Å². The summed E-state index contributed by atoms with van der Waals surface area (Å²) in [7, 11) is 1.34. The summed E-state index contributed by atoms with van der Waals surface area (Å²) in [6.07, 6.45) is 3.86. The van der Waals surface area contributed by atoms with E-state index < -0.39 is 17.8 Å². The normalized spacial score (nSPS) is 16.6. The van der Waals surface area contributed by atoms with E-state index in [0.717, 1.165) is 10.9 Å². The Morgan fingerprint density at radius 1 is 1.26 bits per heavy atom. The van der Waals surface area contributed by atoms with Crippen molar-refractivity contribution < 1.29 is 32.7 Å². The number of esters is 1. The molecule has 0 radical (unpaired) electrons. The highest BCUT2D eigenvalue weighted by Gasteiger charge is 2.40. The van der Waals surface area contributed by atoms with Gasteiger partial charge in [0.1, 0.15) is 28.7 Å². The van der Waals surface area contributed by atoms with Crippen LogP contribution < -0.4 is 5.32 Å². The summed E-state index contributed by atoms with van der Waals surface area (Å²) in [6, 6.07) is 9.11. The van der Waals surface area contributed by atoms with Gasteiger partial charge in [0, 0.05) is 29.6 Å². The molecule has 1 fully saturated rings. The molecule has 0 aliphatic carbocycles. The van der Waals surface area contributed by atoms with Crippen molar-refractivity contribution in [1.82, 2.24) is 9.88 Å². The predicted octanol–water partition coefficient (Wildman–Crippen LogP) is 5.96. The number of carbonyl (C=O) groups excluding carboxylic acids is 3. The third-order valence-corrected chi connectivity index (χ3v) is 8.56. The molecule has 1 saturated heterocycles. The van der Waals surface area contributed by atoms with Crippen LogP contribution in [0.1, 0.15) is 51.6 Å². The van der Waals surface area contributed by atoms with Crippen molar-refractivity contribution in [2.24, 2.45) is 0 Å². The number of amides is 2. The Morgan fingerprint density at radius 3 is 2.86 bits per heavy atom. The number of aromatic nitrogens is 1. The van der Waals surface area contributed by atoms with Crippen molar-refractivity contribution in [3.8, 4) is 0 Å². The van der Waals surface area contributed by atoms with Crippen LogP contribution in [0.15, 0.2) is 53.3 Å². The van der Waals surface area contributed by atoms with Crippen LogP contribution in [0.2, 0.25) is 5.02 Å². The maximum absolute atomic E-state index is 15.3. The molecule has 1 aliphatic rings. The molecule has 2 aromatic heterocycles. The minimum absolute atomic E-state index is 0.0818. The smallest absolute Gasteiger partial charge is 0.305 e. The SMILES string of the molecule is CCO[C@H]1CCN(C(=O)Cc2cc(Cl)c(NC(=O)c3coc4ccccc34)cc2F)[C@@H]1c1ncc(CCC(=O)OC)s1. The molecule has 0 bridgehead atoms. The lowest BCUT2D eigenvalue weighted by Gasteiger charge is -2.26. The van der Waals surface area contributed by atoms with E-state index in [2.05, 4.69) is 10.3 Å². The van der Waals surface area contributed by atoms with Crippen molar-refractivity contribution in [3.63, 3.8) is 0 Å². The summed E-state index contributed by atoms with van der Waals surface area (Å²) >= 11 is 7.85. The fraction of sp³-hybridized carbons (Fsp3) is 0.333. The molecule has 0 spiro atoms. The average molecular weight is 614 g/mol. The molecule has 4 aromatic rings. The van der Waals surface area contributed by atoms with Gasteiger partial charge in [0.05, 0.1) is 42.3 Å². The molecule has 2 amide bonds. The maximum atomic E-state index is 15.3. The highest BCUT2D eigenvalue weighted by molar-refractivity contribution is 7.11. The number of fused-ring (bicyclic) bond motifs is 1. The van der Waals surface area contributed by atoms with Gasteiger partial charge in [0.25, 0.3) is 5.91 Å². The van der Waals surface area contributed by atoms with Gasteiger partial charge in [-0.25, -0.2) is 9.37 Å². The molecule has 0 saturated carbocycles. The maximum Gasteiger partial charge on any atom is 0.305 e. The average Bonchev–Trinajstić information content (AvgIpc) is 3.72. The van der Waals surface area contributed by atoms with Crippen LogP contribution in [0.3, 0.4) is 0 Å². The molecule has 5 rings (SSSR count). The van der Waals surface area contributed by atoms with Crippen molar-refractivity contribution >= 4 is 57.4 Å². The largest absolute Gasteiger partial charge is 0.469 e. The number of benzene rings is 2. The van der Waals surface area contributed by atoms with Gasteiger partial charge in [0.2, 0.25) is 5.91 Å². The number of hydrogen-bond donors (Lipinski definition) is 1. The molecular formula is C30H29ClFN3O6S. The summed E-state index contributed by atoms with van der Waals surface area (Å²) in [5, 5.41) is 4.05. The second-order valence-electron chi connectivity index (χ2n) is 9.76. The van der Waals surface area contributed by atoms with Gasteiger partial charge in [-0.15, -0.1) is 11.3 Å². The zero-order valence-electron chi connectivity index (χ0n) is 23.0. The molecule has 42 heavy (non-hydrogen) atoms. The van der Waals surface area contributed by atoms with Crippen LogP contribution in [0.25, 0.3) is 11.0 Å². The van der Waals surface area contributed by atoms with E-state index in [1.165, 1.54) is 30.8 Å². The van der Waals surface area contributed by atoms with Crippen molar-refractivity contribution in [3.05, 3.63) is 80.7 Å². The minimum atomic E-state index is -0.670.